The van der Waals surface area contributed by atoms with Crippen LogP contribution in [0.3, 0.4) is 0 Å². The van der Waals surface area contributed by atoms with E-state index >= 15 is 0 Å². The van der Waals surface area contributed by atoms with E-state index in [-0.39, 0.29) is 5.82 Å². The molecule has 2 N–H and O–H groups in total. The zero-order chi connectivity index (χ0) is 10.7. The number of halogens is 1. The van der Waals surface area contributed by atoms with Gasteiger partial charge >= 0.3 is 0 Å². The van der Waals surface area contributed by atoms with Gasteiger partial charge in [0.1, 0.15) is 23.1 Å². The van der Waals surface area contributed by atoms with Crippen molar-refractivity contribution in [2.75, 3.05) is 5.73 Å². The maximum Gasteiger partial charge on any atom is 0.145 e. The molecular formula is C11H9FN2O. The molecular weight excluding hydrogens is 195 g/mol. The van der Waals surface area contributed by atoms with Crippen molar-refractivity contribution >= 4 is 5.82 Å². The molecule has 0 radical (unpaired) electrons. The van der Waals surface area contributed by atoms with Crippen LogP contribution in [-0.4, -0.2) is 4.98 Å². The molecule has 1 heterocycles. The first-order valence-electron chi connectivity index (χ1n) is 4.39. The Morgan fingerprint density at radius 3 is 2.27 bits per heavy atom. The average molecular weight is 204 g/mol. The Morgan fingerprint density at radius 1 is 1.00 bits per heavy atom. The largest absolute Gasteiger partial charge is 0.456 e. The fraction of sp³-hybridized carbons (Fsp3) is 0. The van der Waals surface area contributed by atoms with Crippen LogP contribution in [0, 0.1) is 5.82 Å². The number of nitrogens with zero attached hydrogens (tertiary/aromatic N) is 1. The van der Waals surface area contributed by atoms with Crippen molar-refractivity contribution in [3.63, 3.8) is 0 Å². The molecule has 0 unspecified atom stereocenters. The Kier molecular flexibility index (Phi) is 2.49. The molecule has 0 spiro atoms. The summed E-state index contributed by atoms with van der Waals surface area (Å²) >= 11 is 0. The third-order valence-electron chi connectivity index (χ3n) is 1.81. The molecule has 0 fully saturated rings. The lowest BCUT2D eigenvalue weighted by molar-refractivity contribution is 0.478. The zero-order valence-corrected chi connectivity index (χ0v) is 7.85. The van der Waals surface area contributed by atoms with Crippen LogP contribution < -0.4 is 10.5 Å². The third kappa shape index (κ3) is 2.43. The van der Waals surface area contributed by atoms with Crippen LogP contribution in [0.2, 0.25) is 0 Å². The van der Waals surface area contributed by atoms with Crippen molar-refractivity contribution in [3.8, 4) is 11.5 Å². The lowest BCUT2D eigenvalue weighted by atomic mass is 10.3. The van der Waals surface area contributed by atoms with Crippen LogP contribution in [0.5, 0.6) is 11.5 Å². The topological polar surface area (TPSA) is 48.1 Å². The second-order valence-corrected chi connectivity index (χ2v) is 2.97. The Bertz CT molecular complexity index is 396. The van der Waals surface area contributed by atoms with E-state index in [1.807, 2.05) is 0 Å². The lowest BCUT2D eigenvalue weighted by Gasteiger charge is -2.04. The number of rotatable bonds is 2. The maximum absolute atomic E-state index is 12.6. The van der Waals surface area contributed by atoms with Crippen LogP contribution in [0.15, 0.2) is 42.6 Å². The highest BCUT2D eigenvalue weighted by molar-refractivity contribution is 5.35. The van der Waals surface area contributed by atoms with Crippen molar-refractivity contribution < 1.29 is 9.13 Å². The monoisotopic (exact) mass is 204 g/mol. The van der Waals surface area contributed by atoms with E-state index in [2.05, 4.69) is 4.98 Å². The number of aromatic nitrogens is 1. The van der Waals surface area contributed by atoms with Crippen LogP contribution in [0.4, 0.5) is 10.2 Å². The minimum atomic E-state index is -0.294. The number of hydrogen-bond donors (Lipinski definition) is 1. The van der Waals surface area contributed by atoms with E-state index in [0.717, 1.165) is 0 Å². The van der Waals surface area contributed by atoms with E-state index in [1.165, 1.54) is 18.3 Å². The predicted octanol–water partition coefficient (Wildman–Crippen LogP) is 2.60. The minimum Gasteiger partial charge on any atom is -0.456 e. The molecule has 0 aliphatic rings. The highest BCUT2D eigenvalue weighted by atomic mass is 19.1. The summed E-state index contributed by atoms with van der Waals surface area (Å²) in [5.74, 6) is 1.26. The van der Waals surface area contributed by atoms with Crippen LogP contribution in [0.1, 0.15) is 0 Å². The van der Waals surface area contributed by atoms with Crippen molar-refractivity contribution in [1.82, 2.24) is 4.98 Å². The quantitative estimate of drug-likeness (QED) is 0.817. The first kappa shape index (κ1) is 9.45. The van der Waals surface area contributed by atoms with Crippen LogP contribution in [-0.2, 0) is 0 Å². The molecule has 1 aromatic carbocycles. The van der Waals surface area contributed by atoms with Gasteiger partial charge in [-0.3, -0.25) is 0 Å². The summed E-state index contributed by atoms with van der Waals surface area (Å²) in [4.78, 5) is 3.87. The SMILES string of the molecule is Nc1ccc(Oc2ccc(F)cc2)cn1. The average Bonchev–Trinajstić information content (AvgIpc) is 2.25. The number of ether oxygens (including phenoxy) is 1. The standard InChI is InChI=1S/C11H9FN2O/c12-8-1-3-9(4-2-8)15-10-5-6-11(13)14-7-10/h1-7H,(H2,13,14). The Morgan fingerprint density at radius 2 is 1.67 bits per heavy atom. The second kappa shape index (κ2) is 3.96. The van der Waals surface area contributed by atoms with Gasteiger partial charge < -0.3 is 10.5 Å². The first-order valence-corrected chi connectivity index (χ1v) is 4.39. The van der Waals surface area contributed by atoms with Crippen LogP contribution in [0.25, 0.3) is 0 Å². The molecule has 0 amide bonds. The zero-order valence-electron chi connectivity index (χ0n) is 7.85. The van der Waals surface area contributed by atoms with Gasteiger partial charge in [0, 0.05) is 0 Å². The van der Waals surface area contributed by atoms with E-state index in [0.29, 0.717) is 17.3 Å². The molecule has 0 saturated carbocycles. The Hall–Kier alpha value is -2.10. The lowest BCUT2D eigenvalue weighted by Crippen LogP contribution is -1.90. The summed E-state index contributed by atoms with van der Waals surface area (Å²) in [6.45, 7) is 0. The van der Waals surface area contributed by atoms with Gasteiger partial charge in [-0.15, -0.1) is 0 Å². The summed E-state index contributed by atoms with van der Waals surface area (Å²) in [7, 11) is 0. The molecule has 0 bridgehead atoms. The van der Waals surface area contributed by atoms with Crippen molar-refractivity contribution in [2.45, 2.75) is 0 Å². The fourth-order valence-corrected chi connectivity index (χ4v) is 1.09. The number of hydrogen-bond acceptors (Lipinski definition) is 3. The molecule has 3 nitrogen and oxygen atoms in total. The van der Waals surface area contributed by atoms with Gasteiger partial charge in [-0.05, 0) is 36.4 Å². The molecule has 2 aromatic rings. The highest BCUT2D eigenvalue weighted by Crippen LogP contribution is 2.20. The third-order valence-corrected chi connectivity index (χ3v) is 1.81. The van der Waals surface area contributed by atoms with Gasteiger partial charge in [0.2, 0.25) is 0 Å². The molecule has 0 atom stereocenters. The fourth-order valence-electron chi connectivity index (χ4n) is 1.09. The van der Waals surface area contributed by atoms with E-state index < -0.39 is 0 Å². The van der Waals surface area contributed by atoms with Gasteiger partial charge in [0.25, 0.3) is 0 Å². The van der Waals surface area contributed by atoms with E-state index in [9.17, 15) is 4.39 Å². The number of pyridine rings is 1. The van der Waals surface area contributed by atoms with Crippen molar-refractivity contribution in [2.24, 2.45) is 0 Å². The predicted molar refractivity (Wildman–Crippen MR) is 55.1 cm³/mol. The number of nitrogen functional groups attached to an aromatic ring is 1. The van der Waals surface area contributed by atoms with E-state index in [1.54, 1.807) is 24.3 Å². The molecule has 15 heavy (non-hydrogen) atoms. The maximum atomic E-state index is 12.6. The molecule has 0 saturated heterocycles. The van der Waals surface area contributed by atoms with Gasteiger partial charge in [-0.1, -0.05) is 0 Å². The Labute approximate surface area is 86.3 Å². The molecule has 76 valence electrons. The van der Waals surface area contributed by atoms with Crippen molar-refractivity contribution in [3.05, 3.63) is 48.4 Å². The van der Waals surface area contributed by atoms with Gasteiger partial charge in [0.05, 0.1) is 6.20 Å². The summed E-state index contributed by atoms with van der Waals surface area (Å²) < 4.78 is 18.0. The number of nitrogens with two attached hydrogens (primary N) is 1. The molecule has 0 aliphatic carbocycles. The summed E-state index contributed by atoms with van der Waals surface area (Å²) in [5, 5.41) is 0. The number of anilines is 1. The van der Waals surface area contributed by atoms with Gasteiger partial charge in [-0.25, -0.2) is 9.37 Å². The summed E-state index contributed by atoms with van der Waals surface area (Å²) in [5.41, 5.74) is 5.42. The molecule has 2 rings (SSSR count). The molecule has 1 aromatic heterocycles. The molecule has 0 aliphatic heterocycles. The smallest absolute Gasteiger partial charge is 0.145 e. The highest BCUT2D eigenvalue weighted by Gasteiger charge is 1.97. The minimum absolute atomic E-state index is 0.294. The summed E-state index contributed by atoms with van der Waals surface area (Å²) in [6, 6.07) is 9.10. The number of benzene rings is 1. The van der Waals surface area contributed by atoms with Gasteiger partial charge in [-0.2, -0.15) is 0 Å². The van der Waals surface area contributed by atoms with Crippen molar-refractivity contribution in [1.29, 1.82) is 0 Å². The summed E-state index contributed by atoms with van der Waals surface area (Å²) in [6.07, 6.45) is 1.51. The van der Waals surface area contributed by atoms with E-state index in [4.69, 9.17) is 10.5 Å². The first-order chi connectivity index (χ1) is 7.24. The second-order valence-electron chi connectivity index (χ2n) is 2.97. The van der Waals surface area contributed by atoms with Crippen LogP contribution >= 0.6 is 0 Å². The normalized spacial score (nSPS) is 9.93. The molecule has 4 heteroatoms. The van der Waals surface area contributed by atoms with Gasteiger partial charge in [0.15, 0.2) is 0 Å². The Balaban J connectivity index is 2.15.